The van der Waals surface area contributed by atoms with Crippen LogP contribution < -0.4 is 16.0 Å². The molecule has 0 radical (unpaired) electrons. The molecule has 3 rings (SSSR count). The number of halogens is 3. The summed E-state index contributed by atoms with van der Waals surface area (Å²) in [6.07, 6.45) is -3.25. The maximum Gasteiger partial charge on any atom is 0.403 e. The number of amides is 2. The quantitative estimate of drug-likeness (QED) is 0.661. The van der Waals surface area contributed by atoms with E-state index in [1.807, 2.05) is 6.07 Å². The number of aryl methyl sites for hydroxylation is 1. The molecular weight excluding hydrogens is 413 g/mol. The molecule has 0 aliphatic carbocycles. The molecule has 3 heterocycles. The summed E-state index contributed by atoms with van der Waals surface area (Å²) >= 11 is 0. The Bertz CT molecular complexity index is 969. The molecule has 0 spiro atoms. The smallest absolute Gasteiger partial charge is 0.348 e. The molecule has 11 heteroatoms. The molecule has 8 nitrogen and oxygen atoms in total. The van der Waals surface area contributed by atoms with E-state index in [-0.39, 0.29) is 30.5 Å². The third kappa shape index (κ3) is 4.85. The number of fused-ring (bicyclic) bond motifs is 1. The van der Waals surface area contributed by atoms with Gasteiger partial charge in [0, 0.05) is 17.7 Å². The molecule has 3 unspecified atom stereocenters. The fraction of sp³-hybridized carbons (Fsp3) is 0.550. The van der Waals surface area contributed by atoms with E-state index in [9.17, 15) is 22.8 Å². The van der Waals surface area contributed by atoms with Crippen LogP contribution in [-0.2, 0) is 9.59 Å². The molecular formula is C20H23F3N6O2. The zero-order valence-corrected chi connectivity index (χ0v) is 17.3. The second kappa shape index (κ2) is 8.63. The van der Waals surface area contributed by atoms with Crippen molar-refractivity contribution in [3.63, 3.8) is 0 Å². The predicted molar refractivity (Wildman–Crippen MR) is 103 cm³/mol. The molecule has 3 N–H and O–H groups in total. The van der Waals surface area contributed by atoms with Crippen LogP contribution in [0.3, 0.4) is 0 Å². The van der Waals surface area contributed by atoms with Crippen molar-refractivity contribution < 1.29 is 22.8 Å². The van der Waals surface area contributed by atoms with Crippen LogP contribution in [0.15, 0.2) is 17.3 Å². The van der Waals surface area contributed by atoms with Gasteiger partial charge in [-0.2, -0.15) is 18.4 Å². The Morgan fingerprint density at radius 2 is 2.10 bits per heavy atom. The number of alkyl halides is 3. The highest BCUT2D eigenvalue weighted by Gasteiger charge is 2.47. The first-order valence-electron chi connectivity index (χ1n) is 9.87. The number of hydrogen-bond donors (Lipinski definition) is 3. The van der Waals surface area contributed by atoms with Crippen molar-refractivity contribution in [1.82, 2.24) is 25.9 Å². The van der Waals surface area contributed by atoms with Gasteiger partial charge < -0.3 is 10.6 Å². The lowest BCUT2D eigenvalue weighted by Crippen LogP contribution is -2.63. The Morgan fingerprint density at radius 1 is 1.39 bits per heavy atom. The Balaban J connectivity index is 1.72. The van der Waals surface area contributed by atoms with E-state index in [1.165, 1.54) is 6.20 Å². The van der Waals surface area contributed by atoms with Crippen LogP contribution in [0.25, 0.3) is 0 Å². The number of carbonyl (C=O) groups is 2. The van der Waals surface area contributed by atoms with E-state index in [1.54, 1.807) is 20.8 Å². The number of carbonyl (C=O) groups excluding carboxylic acids is 2. The monoisotopic (exact) mass is 436 g/mol. The first-order valence-corrected chi connectivity index (χ1v) is 9.87. The summed E-state index contributed by atoms with van der Waals surface area (Å²) in [5.74, 6) is -0.910. The summed E-state index contributed by atoms with van der Waals surface area (Å²) in [4.78, 5) is 33.3. The van der Waals surface area contributed by atoms with Crippen molar-refractivity contribution in [2.24, 2.45) is 0 Å². The molecule has 31 heavy (non-hydrogen) atoms. The first-order chi connectivity index (χ1) is 14.5. The van der Waals surface area contributed by atoms with Gasteiger partial charge in [-0.1, -0.05) is 0 Å². The number of nitrogens with zero attached hydrogens (tertiary/aromatic N) is 3. The summed E-state index contributed by atoms with van der Waals surface area (Å²) in [6, 6.07) is -1.41. The summed E-state index contributed by atoms with van der Waals surface area (Å²) in [5, 5.41) is 16.9. The molecule has 2 amide bonds. The second-order valence-electron chi connectivity index (χ2n) is 7.86. The lowest BCUT2D eigenvalue weighted by Gasteiger charge is -2.42. The first kappa shape index (κ1) is 22.7. The van der Waals surface area contributed by atoms with Gasteiger partial charge in [-0.3, -0.25) is 19.9 Å². The van der Waals surface area contributed by atoms with Crippen molar-refractivity contribution in [1.29, 1.82) is 5.26 Å². The lowest BCUT2D eigenvalue weighted by molar-refractivity contribution is -0.163. The van der Waals surface area contributed by atoms with Gasteiger partial charge in [-0.25, -0.2) is 4.98 Å². The Kier molecular flexibility index (Phi) is 6.31. The van der Waals surface area contributed by atoms with Crippen LogP contribution in [0.2, 0.25) is 0 Å². The highest BCUT2D eigenvalue weighted by molar-refractivity contribution is 6.00. The average Bonchev–Trinajstić information content (AvgIpc) is 2.69. The summed E-state index contributed by atoms with van der Waals surface area (Å²) < 4.78 is 39.4. The molecule has 1 aromatic heterocycles. The van der Waals surface area contributed by atoms with E-state index in [0.717, 1.165) is 0 Å². The van der Waals surface area contributed by atoms with Crippen molar-refractivity contribution in [2.75, 3.05) is 0 Å². The fourth-order valence-corrected chi connectivity index (χ4v) is 4.10. The fourth-order valence-electron chi connectivity index (χ4n) is 4.10. The highest BCUT2D eigenvalue weighted by atomic mass is 19.4. The van der Waals surface area contributed by atoms with E-state index in [0.29, 0.717) is 17.0 Å². The number of nitriles is 1. The van der Waals surface area contributed by atoms with Crippen LogP contribution in [0, 0.1) is 18.3 Å². The van der Waals surface area contributed by atoms with Gasteiger partial charge in [0.25, 0.3) is 0 Å². The maximum absolute atomic E-state index is 13.1. The minimum atomic E-state index is -4.38. The summed E-state index contributed by atoms with van der Waals surface area (Å²) in [7, 11) is 0. The van der Waals surface area contributed by atoms with E-state index in [4.69, 9.17) is 5.26 Å². The Hall–Kier alpha value is -3.00. The van der Waals surface area contributed by atoms with Gasteiger partial charge >= 0.3 is 6.18 Å². The minimum Gasteiger partial charge on any atom is -0.348 e. The van der Waals surface area contributed by atoms with Crippen molar-refractivity contribution in [3.8, 4) is 6.07 Å². The van der Waals surface area contributed by atoms with Crippen LogP contribution in [0.1, 0.15) is 56.2 Å². The van der Waals surface area contributed by atoms with Gasteiger partial charge in [0.1, 0.15) is 12.1 Å². The topological polar surface area (TPSA) is 120 Å². The van der Waals surface area contributed by atoms with Crippen molar-refractivity contribution >= 4 is 11.8 Å². The third-order valence-corrected chi connectivity index (χ3v) is 5.70. The SMILES string of the molecule is CC1=C(CC(=O)N[C@@H](C)c2ncc(C#N)nc2C)C(=O)NC2CCC(C(F)(F)F)NC12. The van der Waals surface area contributed by atoms with Gasteiger partial charge in [0.2, 0.25) is 11.8 Å². The molecule has 2 aliphatic rings. The van der Waals surface area contributed by atoms with Gasteiger partial charge in [-0.15, -0.1) is 0 Å². The molecule has 1 fully saturated rings. The number of hydrogen-bond acceptors (Lipinski definition) is 6. The zero-order valence-electron chi connectivity index (χ0n) is 17.3. The standard InChI is InChI=1S/C20H23F3N6O2/c1-9-13(19(31)28-14-4-5-15(20(21,22)23)29-17(9)14)6-16(30)27-11(3)18-10(2)26-12(7-24)8-25-18/h8,11,14-15,17,29H,4-6H2,1-3H3,(H,27,30)(H,28,31)/t11-,14?,15?,17?/m0/s1. The third-order valence-electron chi connectivity index (χ3n) is 5.70. The molecule has 0 aromatic carbocycles. The number of aromatic nitrogens is 2. The zero-order chi connectivity index (χ0) is 22.9. The molecule has 1 saturated heterocycles. The Labute approximate surface area is 177 Å². The van der Waals surface area contributed by atoms with Gasteiger partial charge in [-0.05, 0) is 39.2 Å². The molecule has 4 atom stereocenters. The van der Waals surface area contributed by atoms with Gasteiger partial charge in [0.15, 0.2) is 5.69 Å². The molecule has 1 aromatic rings. The number of nitrogens with one attached hydrogen (secondary N) is 3. The van der Waals surface area contributed by atoms with Gasteiger partial charge in [0.05, 0.1) is 30.0 Å². The predicted octanol–water partition coefficient (Wildman–Crippen LogP) is 1.72. The normalized spacial score (nSPS) is 24.7. The largest absolute Gasteiger partial charge is 0.403 e. The highest BCUT2D eigenvalue weighted by Crippen LogP contribution is 2.33. The molecule has 0 saturated carbocycles. The van der Waals surface area contributed by atoms with Crippen LogP contribution in [0.4, 0.5) is 13.2 Å². The van der Waals surface area contributed by atoms with Crippen LogP contribution in [0.5, 0.6) is 0 Å². The minimum absolute atomic E-state index is 0.115. The van der Waals surface area contributed by atoms with E-state index in [2.05, 4.69) is 25.9 Å². The second-order valence-corrected chi connectivity index (χ2v) is 7.86. The average molecular weight is 436 g/mol. The van der Waals surface area contributed by atoms with Crippen molar-refractivity contribution in [3.05, 3.63) is 34.4 Å². The number of rotatable bonds is 4. The van der Waals surface area contributed by atoms with E-state index >= 15 is 0 Å². The van der Waals surface area contributed by atoms with Crippen LogP contribution >= 0.6 is 0 Å². The van der Waals surface area contributed by atoms with Crippen molar-refractivity contribution in [2.45, 2.75) is 70.4 Å². The Morgan fingerprint density at radius 3 is 2.71 bits per heavy atom. The summed E-state index contributed by atoms with van der Waals surface area (Å²) in [6.45, 7) is 4.94. The molecule has 2 aliphatic heterocycles. The maximum atomic E-state index is 13.1. The molecule has 0 bridgehead atoms. The molecule has 166 valence electrons. The lowest BCUT2D eigenvalue weighted by atomic mass is 9.83. The van der Waals surface area contributed by atoms with Crippen LogP contribution in [-0.4, -0.2) is 46.1 Å². The van der Waals surface area contributed by atoms with E-state index < -0.39 is 42.2 Å². The summed E-state index contributed by atoms with van der Waals surface area (Å²) in [5.41, 5.74) is 1.73. The number of piperidine rings is 1.